The van der Waals surface area contributed by atoms with Gasteiger partial charge in [0.15, 0.2) is 11.5 Å². The maximum atomic E-state index is 13.9. The molecule has 0 atom stereocenters. The third-order valence-electron chi connectivity index (χ3n) is 3.80. The van der Waals surface area contributed by atoms with Gasteiger partial charge in [0, 0.05) is 17.7 Å². The average Bonchev–Trinajstić information content (AvgIpc) is 2.76. The number of carbonyl (C=O) groups is 1. The van der Waals surface area contributed by atoms with Crippen LogP contribution in [0.1, 0.15) is 15.9 Å². The van der Waals surface area contributed by atoms with Crippen LogP contribution in [0.5, 0.6) is 17.4 Å². The Morgan fingerprint density at radius 2 is 2.00 bits per heavy atom. The van der Waals surface area contributed by atoms with Gasteiger partial charge < -0.3 is 9.47 Å². The van der Waals surface area contributed by atoms with Gasteiger partial charge in [0.1, 0.15) is 0 Å². The minimum absolute atomic E-state index is 0.127. The van der Waals surface area contributed by atoms with Gasteiger partial charge in [0.05, 0.1) is 24.4 Å². The number of methoxy groups -OCH3 is 1. The van der Waals surface area contributed by atoms with Gasteiger partial charge in [-0.05, 0) is 47.5 Å². The van der Waals surface area contributed by atoms with Gasteiger partial charge in [-0.15, -0.1) is 0 Å². The molecule has 12 heteroatoms. The molecule has 0 aliphatic rings. The van der Waals surface area contributed by atoms with Crippen LogP contribution in [0.15, 0.2) is 53.8 Å². The zero-order valence-corrected chi connectivity index (χ0v) is 16.5. The smallest absolute Gasteiger partial charge is 0.271 e. The Balaban J connectivity index is 1.73. The normalized spacial score (nSPS) is 10.7. The van der Waals surface area contributed by atoms with E-state index in [9.17, 15) is 19.3 Å². The van der Waals surface area contributed by atoms with Crippen molar-refractivity contribution in [3.63, 3.8) is 0 Å². The van der Waals surface area contributed by atoms with Crippen molar-refractivity contribution < 1.29 is 23.6 Å². The summed E-state index contributed by atoms with van der Waals surface area (Å²) in [4.78, 5) is 29.4. The molecule has 3 rings (SSSR count). The van der Waals surface area contributed by atoms with E-state index in [0.717, 1.165) is 6.20 Å². The Labute approximate surface area is 179 Å². The molecule has 0 saturated heterocycles. The molecule has 0 unspecified atom stereocenters. The number of nitro benzene ring substituents is 1. The first-order valence-electron chi connectivity index (χ1n) is 8.49. The maximum Gasteiger partial charge on any atom is 0.271 e. The fourth-order valence-corrected chi connectivity index (χ4v) is 2.45. The number of nitrogens with zero attached hydrogens (tertiary/aromatic N) is 4. The van der Waals surface area contributed by atoms with Gasteiger partial charge in [0.2, 0.25) is 11.1 Å². The highest BCUT2D eigenvalue weighted by Gasteiger charge is 2.13. The maximum absolute atomic E-state index is 13.9. The van der Waals surface area contributed by atoms with Crippen LogP contribution in [0, 0.1) is 15.9 Å². The molecular weight excluding hydrogens is 433 g/mol. The molecule has 0 saturated carbocycles. The number of nitro groups is 1. The third-order valence-corrected chi connectivity index (χ3v) is 3.98. The molecular formula is C19H13ClFN5O5. The summed E-state index contributed by atoms with van der Waals surface area (Å²) in [6, 6.07) is 9.70. The van der Waals surface area contributed by atoms with Crippen molar-refractivity contribution in [3.8, 4) is 17.4 Å². The van der Waals surface area contributed by atoms with Crippen molar-refractivity contribution in [1.29, 1.82) is 0 Å². The number of benzene rings is 2. The molecule has 1 heterocycles. The average molecular weight is 446 g/mol. The van der Waals surface area contributed by atoms with Crippen LogP contribution in [-0.2, 0) is 0 Å². The topological polar surface area (TPSA) is 129 Å². The number of ether oxygens (including phenoxy) is 2. The van der Waals surface area contributed by atoms with E-state index in [1.807, 2.05) is 0 Å². The SMILES string of the molecule is COc1ccc(C=NNC(=O)c2ccc([N+](=O)[O-])cc2)cc1Oc1nc(Cl)ncc1F. The van der Waals surface area contributed by atoms with E-state index in [1.54, 1.807) is 12.1 Å². The molecule has 0 spiro atoms. The van der Waals surface area contributed by atoms with Crippen LogP contribution in [0.25, 0.3) is 0 Å². The lowest BCUT2D eigenvalue weighted by atomic mass is 10.2. The van der Waals surface area contributed by atoms with Crippen molar-refractivity contribution in [3.05, 3.63) is 81.0 Å². The third kappa shape index (κ3) is 5.48. The first kappa shape index (κ1) is 21.6. The van der Waals surface area contributed by atoms with Crippen LogP contribution in [-0.4, -0.2) is 34.1 Å². The minimum atomic E-state index is -0.819. The quantitative estimate of drug-likeness (QED) is 0.254. The predicted octanol–water partition coefficient (Wildman–Crippen LogP) is 3.74. The van der Waals surface area contributed by atoms with Crippen molar-refractivity contribution in [2.75, 3.05) is 7.11 Å². The number of hydrogen-bond acceptors (Lipinski definition) is 8. The molecule has 31 heavy (non-hydrogen) atoms. The number of halogens is 2. The van der Waals surface area contributed by atoms with Crippen LogP contribution >= 0.6 is 11.6 Å². The first-order valence-corrected chi connectivity index (χ1v) is 8.87. The second-order valence-corrected chi connectivity index (χ2v) is 6.15. The van der Waals surface area contributed by atoms with Crippen molar-refractivity contribution in [2.45, 2.75) is 0 Å². The van der Waals surface area contributed by atoms with Gasteiger partial charge in [-0.25, -0.2) is 10.4 Å². The highest BCUT2D eigenvalue weighted by molar-refractivity contribution is 6.28. The molecule has 10 nitrogen and oxygen atoms in total. The van der Waals surface area contributed by atoms with Gasteiger partial charge in [-0.1, -0.05) is 0 Å². The van der Waals surface area contributed by atoms with Crippen LogP contribution in [0.2, 0.25) is 5.28 Å². The van der Waals surface area contributed by atoms with Crippen LogP contribution in [0.4, 0.5) is 10.1 Å². The lowest BCUT2D eigenvalue weighted by molar-refractivity contribution is -0.384. The van der Waals surface area contributed by atoms with Crippen LogP contribution in [0.3, 0.4) is 0 Å². The Kier molecular flexibility index (Phi) is 6.67. The second-order valence-electron chi connectivity index (χ2n) is 5.81. The molecule has 0 bridgehead atoms. The van der Waals surface area contributed by atoms with Crippen molar-refractivity contribution >= 4 is 29.4 Å². The van der Waals surface area contributed by atoms with E-state index >= 15 is 0 Å². The molecule has 0 aliphatic carbocycles. The molecule has 158 valence electrons. The predicted molar refractivity (Wildman–Crippen MR) is 108 cm³/mol. The van der Waals surface area contributed by atoms with E-state index in [2.05, 4.69) is 20.5 Å². The lowest BCUT2D eigenvalue weighted by Gasteiger charge is -2.10. The summed E-state index contributed by atoms with van der Waals surface area (Å²) in [6.07, 6.45) is 2.19. The van der Waals surface area contributed by atoms with Crippen LogP contribution < -0.4 is 14.9 Å². The molecule has 0 aliphatic heterocycles. The highest BCUT2D eigenvalue weighted by Crippen LogP contribution is 2.32. The fraction of sp³-hybridized carbons (Fsp3) is 0.0526. The van der Waals surface area contributed by atoms with E-state index in [4.69, 9.17) is 21.1 Å². The Hall–Kier alpha value is -4.12. The summed E-state index contributed by atoms with van der Waals surface area (Å²) >= 11 is 5.67. The minimum Gasteiger partial charge on any atom is -0.493 e. The van der Waals surface area contributed by atoms with Gasteiger partial charge in [-0.3, -0.25) is 14.9 Å². The van der Waals surface area contributed by atoms with E-state index in [-0.39, 0.29) is 28.2 Å². The number of hydrazone groups is 1. The molecule has 2 aromatic carbocycles. The largest absolute Gasteiger partial charge is 0.493 e. The summed E-state index contributed by atoms with van der Waals surface area (Å²) in [6.45, 7) is 0. The monoisotopic (exact) mass is 445 g/mol. The van der Waals surface area contributed by atoms with Gasteiger partial charge in [-0.2, -0.15) is 14.5 Å². The Morgan fingerprint density at radius 1 is 1.26 bits per heavy atom. The first-order chi connectivity index (χ1) is 14.9. The highest BCUT2D eigenvalue weighted by atomic mass is 35.5. The van der Waals surface area contributed by atoms with Gasteiger partial charge >= 0.3 is 0 Å². The zero-order chi connectivity index (χ0) is 22.4. The molecule has 0 fully saturated rings. The Morgan fingerprint density at radius 3 is 2.68 bits per heavy atom. The zero-order valence-electron chi connectivity index (χ0n) is 15.8. The van der Waals surface area contributed by atoms with E-state index in [0.29, 0.717) is 11.3 Å². The van der Waals surface area contributed by atoms with Crippen molar-refractivity contribution in [2.24, 2.45) is 5.10 Å². The summed E-state index contributed by atoms with van der Waals surface area (Å²) < 4.78 is 24.5. The summed E-state index contributed by atoms with van der Waals surface area (Å²) in [7, 11) is 1.41. The standard InChI is InChI=1S/C19H13ClFN5O5/c1-30-15-7-2-11(8-16(15)31-18-14(21)10-22-19(20)24-18)9-23-25-17(27)12-3-5-13(6-4-12)26(28)29/h2-10H,1H3,(H,25,27). The molecule has 1 N–H and O–H groups in total. The number of aromatic nitrogens is 2. The summed E-state index contributed by atoms with van der Waals surface area (Å²) in [5.74, 6) is -1.35. The summed E-state index contributed by atoms with van der Waals surface area (Å²) in [5, 5.41) is 14.3. The lowest BCUT2D eigenvalue weighted by Crippen LogP contribution is -2.17. The number of carbonyl (C=O) groups excluding carboxylic acids is 1. The number of amides is 1. The van der Waals surface area contributed by atoms with Crippen molar-refractivity contribution in [1.82, 2.24) is 15.4 Å². The second kappa shape index (κ2) is 9.59. The molecule has 3 aromatic rings. The molecule has 0 radical (unpaired) electrons. The Bertz CT molecular complexity index is 1160. The number of hydrogen-bond donors (Lipinski definition) is 1. The molecule has 1 aromatic heterocycles. The van der Waals surface area contributed by atoms with E-state index < -0.39 is 16.6 Å². The number of rotatable bonds is 7. The molecule has 1 amide bonds. The fourth-order valence-electron chi connectivity index (χ4n) is 2.32. The number of non-ortho nitro benzene ring substituents is 1. The number of nitrogens with one attached hydrogen (secondary N) is 1. The summed E-state index contributed by atoms with van der Waals surface area (Å²) in [5.41, 5.74) is 2.85. The van der Waals surface area contributed by atoms with E-state index in [1.165, 1.54) is 43.7 Å². The van der Waals surface area contributed by atoms with Gasteiger partial charge in [0.25, 0.3) is 17.5 Å².